The summed E-state index contributed by atoms with van der Waals surface area (Å²) in [6.45, 7) is 1.20. The lowest BCUT2D eigenvalue weighted by molar-refractivity contribution is 0.331. The molecule has 0 aliphatic carbocycles. The molecule has 0 bridgehead atoms. The first-order valence-electron chi connectivity index (χ1n) is 4.90. The van der Waals surface area contributed by atoms with E-state index in [9.17, 15) is 4.39 Å². The van der Waals surface area contributed by atoms with Crippen molar-refractivity contribution in [3.8, 4) is 0 Å². The summed E-state index contributed by atoms with van der Waals surface area (Å²) in [4.78, 5) is 2.42. The minimum atomic E-state index is -0.355. The van der Waals surface area contributed by atoms with Crippen molar-refractivity contribution in [3.63, 3.8) is 0 Å². The van der Waals surface area contributed by atoms with Crippen LogP contribution in [0.2, 0.25) is 5.02 Å². The zero-order valence-electron chi connectivity index (χ0n) is 9.04. The maximum atomic E-state index is 13.6. The lowest BCUT2D eigenvalue weighted by atomic mass is 10.2. The van der Waals surface area contributed by atoms with E-state index in [1.807, 2.05) is 11.9 Å². The van der Waals surface area contributed by atoms with Gasteiger partial charge in [-0.25, -0.2) is 4.39 Å². The zero-order chi connectivity index (χ0) is 12.1. The lowest BCUT2D eigenvalue weighted by Gasteiger charge is -2.16. The van der Waals surface area contributed by atoms with Crippen LogP contribution in [0.3, 0.4) is 0 Å². The van der Waals surface area contributed by atoms with Crippen LogP contribution in [0.15, 0.2) is 18.2 Å². The Hall–Kier alpha value is -0.710. The molecule has 0 unspecified atom stereocenters. The highest BCUT2D eigenvalue weighted by Gasteiger charge is 2.08. The molecule has 0 heterocycles. The second-order valence-electron chi connectivity index (χ2n) is 3.67. The van der Waals surface area contributed by atoms with Crippen LogP contribution in [0.1, 0.15) is 12.0 Å². The number of benzene rings is 1. The first-order chi connectivity index (χ1) is 7.50. The molecule has 1 rings (SSSR count). The summed E-state index contributed by atoms with van der Waals surface area (Å²) in [5.74, 6) is -0.355. The van der Waals surface area contributed by atoms with Crippen LogP contribution < -0.4 is 5.73 Å². The standard InChI is InChI=1S/C11H14ClFN2S/c1-15(6-5-10(14)16)7-8-3-2-4-9(12)11(8)13/h2-4H,5-7H2,1H3,(H2,14,16). The average Bonchev–Trinajstić information content (AvgIpc) is 2.22. The Morgan fingerprint density at radius 1 is 1.56 bits per heavy atom. The van der Waals surface area contributed by atoms with Gasteiger partial charge in [-0.05, 0) is 13.1 Å². The van der Waals surface area contributed by atoms with Crippen LogP contribution in [0.4, 0.5) is 4.39 Å². The van der Waals surface area contributed by atoms with E-state index in [4.69, 9.17) is 29.6 Å². The summed E-state index contributed by atoms with van der Waals surface area (Å²) in [5, 5.41) is 0.153. The van der Waals surface area contributed by atoms with Crippen LogP contribution in [0.25, 0.3) is 0 Å². The summed E-state index contributed by atoms with van der Waals surface area (Å²) >= 11 is 10.5. The minimum Gasteiger partial charge on any atom is -0.393 e. The van der Waals surface area contributed by atoms with Gasteiger partial charge in [0, 0.05) is 25.1 Å². The predicted octanol–water partition coefficient (Wildman–Crippen LogP) is 2.59. The van der Waals surface area contributed by atoms with Gasteiger partial charge in [0.2, 0.25) is 0 Å². The highest BCUT2D eigenvalue weighted by atomic mass is 35.5. The third-order valence-corrected chi connectivity index (χ3v) is 2.71. The van der Waals surface area contributed by atoms with Gasteiger partial charge in [-0.2, -0.15) is 0 Å². The molecule has 0 saturated carbocycles. The number of hydrogen-bond donors (Lipinski definition) is 1. The molecule has 0 atom stereocenters. The third kappa shape index (κ3) is 4.04. The van der Waals surface area contributed by atoms with Crippen molar-refractivity contribution in [2.75, 3.05) is 13.6 Å². The molecule has 1 aromatic rings. The first-order valence-corrected chi connectivity index (χ1v) is 5.69. The second kappa shape index (κ2) is 6.13. The molecule has 1 aromatic carbocycles. The summed E-state index contributed by atoms with van der Waals surface area (Å²) in [5.41, 5.74) is 5.98. The van der Waals surface area contributed by atoms with Crippen molar-refractivity contribution in [1.29, 1.82) is 0 Å². The Balaban J connectivity index is 2.59. The summed E-state index contributed by atoms with van der Waals surface area (Å²) in [6, 6.07) is 5.00. The second-order valence-corrected chi connectivity index (χ2v) is 4.60. The van der Waals surface area contributed by atoms with Gasteiger partial charge in [-0.3, -0.25) is 0 Å². The van der Waals surface area contributed by atoms with Crippen LogP contribution in [-0.4, -0.2) is 23.5 Å². The van der Waals surface area contributed by atoms with Gasteiger partial charge in [-0.1, -0.05) is 36.0 Å². The maximum Gasteiger partial charge on any atom is 0.146 e. The molecule has 0 aliphatic rings. The Morgan fingerprint density at radius 2 is 2.25 bits per heavy atom. The van der Waals surface area contributed by atoms with Gasteiger partial charge in [-0.15, -0.1) is 0 Å². The van der Waals surface area contributed by atoms with Gasteiger partial charge in [0.25, 0.3) is 0 Å². The fourth-order valence-electron chi connectivity index (χ4n) is 1.34. The lowest BCUT2D eigenvalue weighted by Crippen LogP contribution is -2.23. The molecule has 0 aromatic heterocycles. The normalized spacial score (nSPS) is 10.8. The Bertz CT molecular complexity index is 384. The molecule has 2 N–H and O–H groups in total. The van der Waals surface area contributed by atoms with E-state index in [0.29, 0.717) is 30.1 Å². The number of nitrogens with zero attached hydrogens (tertiary/aromatic N) is 1. The molecule has 0 amide bonds. The van der Waals surface area contributed by atoms with Crippen LogP contribution in [0, 0.1) is 5.82 Å². The highest BCUT2D eigenvalue weighted by molar-refractivity contribution is 7.80. The average molecular weight is 261 g/mol. The Labute approximate surface area is 105 Å². The SMILES string of the molecule is CN(CCC(N)=S)Cc1cccc(Cl)c1F. The fraction of sp³-hybridized carbons (Fsp3) is 0.364. The quantitative estimate of drug-likeness (QED) is 0.826. The van der Waals surface area contributed by atoms with Crippen LogP contribution in [0.5, 0.6) is 0 Å². The van der Waals surface area contributed by atoms with Gasteiger partial charge in [0.15, 0.2) is 0 Å². The summed E-state index contributed by atoms with van der Waals surface area (Å²) < 4.78 is 13.6. The number of nitrogens with two attached hydrogens (primary N) is 1. The molecule has 88 valence electrons. The molecule has 16 heavy (non-hydrogen) atoms. The Morgan fingerprint density at radius 3 is 2.88 bits per heavy atom. The molecule has 0 fully saturated rings. The van der Waals surface area contributed by atoms with E-state index in [-0.39, 0.29) is 10.8 Å². The largest absolute Gasteiger partial charge is 0.393 e. The molecule has 0 aliphatic heterocycles. The number of hydrogen-bond acceptors (Lipinski definition) is 2. The Kier molecular flexibility index (Phi) is 5.12. The topological polar surface area (TPSA) is 29.3 Å². The molecule has 5 heteroatoms. The number of rotatable bonds is 5. The van der Waals surface area contributed by atoms with E-state index in [1.165, 1.54) is 6.07 Å². The molecular formula is C11H14ClFN2S. The number of halogens is 2. The molecule has 0 radical (unpaired) electrons. The predicted molar refractivity (Wildman–Crippen MR) is 69.1 cm³/mol. The third-order valence-electron chi connectivity index (χ3n) is 2.21. The van der Waals surface area contributed by atoms with Gasteiger partial charge >= 0.3 is 0 Å². The van der Waals surface area contributed by atoms with E-state index >= 15 is 0 Å². The van der Waals surface area contributed by atoms with Gasteiger partial charge in [0.1, 0.15) is 5.82 Å². The van der Waals surface area contributed by atoms with E-state index in [0.717, 1.165) is 0 Å². The van der Waals surface area contributed by atoms with Crippen molar-refractivity contribution in [2.24, 2.45) is 5.73 Å². The summed E-state index contributed by atoms with van der Waals surface area (Å²) in [6.07, 6.45) is 0.633. The molecular weight excluding hydrogens is 247 g/mol. The maximum absolute atomic E-state index is 13.6. The van der Waals surface area contributed by atoms with Crippen molar-refractivity contribution in [1.82, 2.24) is 4.90 Å². The zero-order valence-corrected chi connectivity index (χ0v) is 10.6. The fourth-order valence-corrected chi connectivity index (χ4v) is 1.63. The van der Waals surface area contributed by atoms with Crippen molar-refractivity contribution in [3.05, 3.63) is 34.6 Å². The highest BCUT2D eigenvalue weighted by Crippen LogP contribution is 2.18. The van der Waals surface area contributed by atoms with Crippen molar-refractivity contribution in [2.45, 2.75) is 13.0 Å². The summed E-state index contributed by atoms with van der Waals surface area (Å²) in [7, 11) is 1.89. The minimum absolute atomic E-state index is 0.153. The number of thiocarbonyl (C=S) groups is 1. The van der Waals surface area contributed by atoms with Gasteiger partial charge in [0.05, 0.1) is 10.0 Å². The molecule has 0 spiro atoms. The first kappa shape index (κ1) is 13.4. The van der Waals surface area contributed by atoms with Crippen LogP contribution in [-0.2, 0) is 6.54 Å². The van der Waals surface area contributed by atoms with Crippen LogP contribution >= 0.6 is 23.8 Å². The molecule has 2 nitrogen and oxygen atoms in total. The van der Waals surface area contributed by atoms with E-state index < -0.39 is 0 Å². The smallest absolute Gasteiger partial charge is 0.146 e. The van der Waals surface area contributed by atoms with E-state index in [1.54, 1.807) is 12.1 Å². The van der Waals surface area contributed by atoms with Crippen molar-refractivity contribution >= 4 is 28.8 Å². The molecule has 0 saturated heterocycles. The monoisotopic (exact) mass is 260 g/mol. The van der Waals surface area contributed by atoms with Gasteiger partial charge < -0.3 is 10.6 Å². The van der Waals surface area contributed by atoms with E-state index in [2.05, 4.69) is 0 Å². The van der Waals surface area contributed by atoms with Crippen molar-refractivity contribution < 1.29 is 4.39 Å².